The predicted octanol–water partition coefficient (Wildman–Crippen LogP) is 4.73. The first-order chi connectivity index (χ1) is 10.1. The van der Waals surface area contributed by atoms with Crippen molar-refractivity contribution in [3.63, 3.8) is 0 Å². The summed E-state index contributed by atoms with van der Waals surface area (Å²) in [6, 6.07) is 13.3. The second kappa shape index (κ2) is 7.74. The molecule has 0 fully saturated rings. The molecule has 2 nitrogen and oxygen atoms in total. The van der Waals surface area contributed by atoms with Crippen LogP contribution in [0.2, 0.25) is 5.02 Å². The number of hydrogen-bond acceptors (Lipinski definition) is 2. The maximum atomic E-state index is 12.2. The van der Waals surface area contributed by atoms with Gasteiger partial charge in [0.1, 0.15) is 0 Å². The van der Waals surface area contributed by atoms with E-state index in [0.717, 1.165) is 16.0 Å². The summed E-state index contributed by atoms with van der Waals surface area (Å²) in [4.78, 5) is 13.2. The molecule has 0 radical (unpaired) electrons. The van der Waals surface area contributed by atoms with Crippen molar-refractivity contribution in [2.24, 2.45) is 0 Å². The molecule has 0 aromatic heterocycles. The maximum Gasteiger partial charge on any atom is 0.253 e. The normalized spacial score (nSPS) is 10.4. The summed E-state index contributed by atoms with van der Waals surface area (Å²) in [7, 11) is 0. The van der Waals surface area contributed by atoms with Crippen molar-refractivity contribution >= 4 is 40.9 Å². The van der Waals surface area contributed by atoms with Crippen LogP contribution in [0, 0.1) is 0 Å². The van der Waals surface area contributed by atoms with Crippen molar-refractivity contribution in [2.45, 2.75) is 17.3 Å². The molecule has 0 spiro atoms. The highest BCUT2D eigenvalue weighted by Gasteiger charge is 2.11. The van der Waals surface area contributed by atoms with Crippen LogP contribution in [0.3, 0.4) is 0 Å². The molecular formula is C16H15Cl2NOS. The molecule has 2 aromatic carbocycles. The van der Waals surface area contributed by atoms with Gasteiger partial charge < -0.3 is 5.32 Å². The second-order valence-electron chi connectivity index (χ2n) is 4.48. The Morgan fingerprint density at radius 2 is 1.95 bits per heavy atom. The van der Waals surface area contributed by atoms with Crippen LogP contribution in [0.1, 0.15) is 21.5 Å². The highest BCUT2D eigenvalue weighted by Crippen LogP contribution is 2.23. The van der Waals surface area contributed by atoms with Gasteiger partial charge in [-0.25, -0.2) is 0 Å². The Hall–Kier alpha value is -1.16. The lowest BCUT2D eigenvalue weighted by molar-refractivity contribution is 0.0951. The fourth-order valence-electron chi connectivity index (χ4n) is 1.91. The quantitative estimate of drug-likeness (QED) is 0.630. The summed E-state index contributed by atoms with van der Waals surface area (Å²) in [6.07, 6.45) is 1.96. The van der Waals surface area contributed by atoms with Crippen LogP contribution in [0.15, 0.2) is 47.4 Å². The van der Waals surface area contributed by atoms with Crippen LogP contribution >= 0.6 is 35.0 Å². The Labute approximate surface area is 138 Å². The highest BCUT2D eigenvalue weighted by molar-refractivity contribution is 7.98. The molecule has 1 amide bonds. The summed E-state index contributed by atoms with van der Waals surface area (Å²) in [6.45, 7) is 0.448. The molecule has 0 saturated heterocycles. The number of benzene rings is 2. The summed E-state index contributed by atoms with van der Waals surface area (Å²) < 4.78 is 0. The summed E-state index contributed by atoms with van der Waals surface area (Å²) >= 11 is 13.5. The van der Waals surface area contributed by atoms with Gasteiger partial charge in [-0.3, -0.25) is 4.79 Å². The molecule has 0 heterocycles. The molecule has 0 aliphatic heterocycles. The lowest BCUT2D eigenvalue weighted by Crippen LogP contribution is -2.23. The highest BCUT2D eigenvalue weighted by atomic mass is 35.5. The van der Waals surface area contributed by atoms with Gasteiger partial charge in [-0.2, -0.15) is 0 Å². The minimum Gasteiger partial charge on any atom is -0.348 e. The lowest BCUT2D eigenvalue weighted by atomic mass is 10.1. The number of carbonyl (C=O) groups excluding carboxylic acids is 1. The van der Waals surface area contributed by atoms with Gasteiger partial charge in [0.05, 0.1) is 10.6 Å². The fourth-order valence-corrected chi connectivity index (χ4v) is 2.72. The zero-order valence-corrected chi connectivity index (χ0v) is 13.9. The number of amides is 1. The maximum absolute atomic E-state index is 12.2. The Morgan fingerprint density at radius 3 is 2.67 bits per heavy atom. The van der Waals surface area contributed by atoms with E-state index >= 15 is 0 Å². The molecule has 0 atom stereocenters. The molecule has 0 aliphatic carbocycles. The monoisotopic (exact) mass is 339 g/mol. The van der Waals surface area contributed by atoms with Crippen LogP contribution in [-0.2, 0) is 12.4 Å². The molecule has 110 valence electrons. The number of nitrogens with one attached hydrogen (secondary N) is 1. The van der Waals surface area contributed by atoms with Gasteiger partial charge in [-0.15, -0.1) is 23.4 Å². The van der Waals surface area contributed by atoms with Crippen LogP contribution < -0.4 is 5.32 Å². The lowest BCUT2D eigenvalue weighted by Gasteiger charge is -2.09. The summed E-state index contributed by atoms with van der Waals surface area (Å²) in [5, 5.41) is 3.34. The molecular weight excluding hydrogens is 325 g/mol. The number of hydrogen-bond donors (Lipinski definition) is 1. The van der Waals surface area contributed by atoms with E-state index in [1.165, 1.54) is 0 Å². The van der Waals surface area contributed by atoms with Gasteiger partial charge in [-0.1, -0.05) is 35.9 Å². The van der Waals surface area contributed by atoms with Crippen molar-refractivity contribution < 1.29 is 4.79 Å². The van der Waals surface area contributed by atoms with Gasteiger partial charge >= 0.3 is 0 Å². The topological polar surface area (TPSA) is 29.1 Å². The van der Waals surface area contributed by atoms with Gasteiger partial charge in [0.15, 0.2) is 0 Å². The van der Waals surface area contributed by atoms with Crippen molar-refractivity contribution in [1.82, 2.24) is 5.32 Å². The Bertz CT molecular complexity index is 646. The number of halogens is 2. The zero-order chi connectivity index (χ0) is 15.2. The molecule has 1 N–H and O–H groups in total. The first kappa shape index (κ1) is 16.2. The fraction of sp³-hybridized carbons (Fsp3) is 0.188. The molecule has 2 rings (SSSR count). The Balaban J connectivity index is 2.07. The number of carbonyl (C=O) groups is 1. The van der Waals surface area contributed by atoms with Gasteiger partial charge in [-0.05, 0) is 35.6 Å². The minimum absolute atomic E-state index is 0.174. The Morgan fingerprint density at radius 1 is 1.19 bits per heavy atom. The van der Waals surface area contributed by atoms with E-state index in [1.54, 1.807) is 23.9 Å². The number of rotatable bonds is 5. The number of thioether (sulfide) groups is 1. The molecule has 21 heavy (non-hydrogen) atoms. The van der Waals surface area contributed by atoms with Crippen molar-refractivity contribution in [2.75, 3.05) is 6.26 Å². The minimum atomic E-state index is -0.174. The second-order valence-corrected chi connectivity index (χ2v) is 6.04. The van der Waals surface area contributed by atoms with Crippen molar-refractivity contribution in [1.29, 1.82) is 0 Å². The van der Waals surface area contributed by atoms with E-state index in [4.69, 9.17) is 23.2 Å². The van der Waals surface area contributed by atoms with Crippen molar-refractivity contribution in [3.05, 3.63) is 64.2 Å². The molecule has 0 unspecified atom stereocenters. The van der Waals surface area contributed by atoms with Gasteiger partial charge in [0, 0.05) is 17.3 Å². The first-order valence-electron chi connectivity index (χ1n) is 6.39. The zero-order valence-electron chi connectivity index (χ0n) is 11.5. The van der Waals surface area contributed by atoms with E-state index in [-0.39, 0.29) is 5.91 Å². The third-order valence-electron chi connectivity index (χ3n) is 3.02. The van der Waals surface area contributed by atoms with E-state index < -0.39 is 0 Å². The largest absolute Gasteiger partial charge is 0.348 e. The van der Waals surface area contributed by atoms with Crippen molar-refractivity contribution in [3.8, 4) is 0 Å². The van der Waals surface area contributed by atoms with E-state index in [0.29, 0.717) is 23.0 Å². The van der Waals surface area contributed by atoms with Gasteiger partial charge in [0.2, 0.25) is 0 Å². The average Bonchev–Trinajstić information content (AvgIpc) is 2.53. The average molecular weight is 340 g/mol. The molecule has 5 heteroatoms. The molecule has 0 bridgehead atoms. The number of alkyl halides is 1. The van der Waals surface area contributed by atoms with Crippen LogP contribution in [0.4, 0.5) is 0 Å². The summed E-state index contributed by atoms with van der Waals surface area (Å²) in [5.74, 6) is 0.288. The van der Waals surface area contributed by atoms with E-state index in [9.17, 15) is 4.79 Å². The van der Waals surface area contributed by atoms with Gasteiger partial charge in [0.25, 0.3) is 5.91 Å². The van der Waals surface area contributed by atoms with Crippen LogP contribution in [0.5, 0.6) is 0 Å². The first-order valence-corrected chi connectivity index (χ1v) is 8.53. The third-order valence-corrected chi connectivity index (χ3v) is 4.38. The summed E-state index contributed by atoms with van der Waals surface area (Å²) in [5.41, 5.74) is 2.54. The smallest absolute Gasteiger partial charge is 0.253 e. The van der Waals surface area contributed by atoms with Crippen LogP contribution in [0.25, 0.3) is 0 Å². The van der Waals surface area contributed by atoms with Crippen LogP contribution in [-0.4, -0.2) is 12.2 Å². The molecule has 2 aromatic rings. The molecule has 0 saturated carbocycles. The van der Waals surface area contributed by atoms with E-state index in [1.807, 2.05) is 36.6 Å². The standard InChI is InChI=1S/C16H15Cl2NOS/c1-21-13-5-6-15(18)14(8-13)16(20)19-10-12-4-2-3-11(7-12)9-17/h2-8H,9-10H2,1H3,(H,19,20). The predicted molar refractivity (Wildman–Crippen MR) is 90.4 cm³/mol. The molecule has 0 aliphatic rings. The van der Waals surface area contributed by atoms with E-state index in [2.05, 4.69) is 5.32 Å². The SMILES string of the molecule is CSc1ccc(Cl)c(C(=O)NCc2cccc(CCl)c2)c1. The third kappa shape index (κ3) is 4.40. The Kier molecular flexibility index (Phi) is 5.97.